The zero-order chi connectivity index (χ0) is 26.1. The van der Waals surface area contributed by atoms with Crippen molar-refractivity contribution in [3.05, 3.63) is 23.7 Å². The molecule has 2 atom stereocenters. The topological polar surface area (TPSA) is 160 Å². The zero-order valence-corrected chi connectivity index (χ0v) is 21.5. The van der Waals surface area contributed by atoms with E-state index in [0.29, 0.717) is 6.42 Å². The van der Waals surface area contributed by atoms with Crippen molar-refractivity contribution in [1.82, 2.24) is 0 Å². The Balaban J connectivity index is 2.07. The summed E-state index contributed by atoms with van der Waals surface area (Å²) >= 11 is 0. The van der Waals surface area contributed by atoms with Crippen LogP contribution in [0, 0.1) is 0 Å². The van der Waals surface area contributed by atoms with Gasteiger partial charge in [-0.1, -0.05) is 70.4 Å². The van der Waals surface area contributed by atoms with Crippen molar-refractivity contribution in [3.63, 3.8) is 0 Å². The average Bonchev–Trinajstić information content (AvgIpc) is 3.07. The quantitative estimate of drug-likeness (QED) is 0.0764. The maximum absolute atomic E-state index is 11.8. The predicted molar refractivity (Wildman–Crippen MR) is 129 cm³/mol. The van der Waals surface area contributed by atoms with E-state index in [0.717, 1.165) is 38.5 Å². The summed E-state index contributed by atoms with van der Waals surface area (Å²) in [5.41, 5.74) is 0. The van der Waals surface area contributed by atoms with E-state index in [2.05, 4.69) is 28.3 Å². The summed E-state index contributed by atoms with van der Waals surface area (Å²) in [6.45, 7) is 1.67. The van der Waals surface area contributed by atoms with Crippen LogP contribution in [0.15, 0.2) is 23.7 Å². The number of esters is 2. The minimum absolute atomic E-state index is 0.170. The van der Waals surface area contributed by atoms with E-state index in [1.165, 1.54) is 38.5 Å². The van der Waals surface area contributed by atoms with Crippen LogP contribution in [0.2, 0.25) is 0 Å². The Bertz CT molecular complexity index is 743. The van der Waals surface area contributed by atoms with Crippen LogP contribution in [-0.4, -0.2) is 50.8 Å². The summed E-state index contributed by atoms with van der Waals surface area (Å²) in [6, 6.07) is 0. The van der Waals surface area contributed by atoms with Crippen molar-refractivity contribution < 1.29 is 48.2 Å². The number of rotatable bonds is 20. The molecule has 1 heterocycles. The van der Waals surface area contributed by atoms with Gasteiger partial charge in [-0.25, -0.2) is 9.36 Å². The van der Waals surface area contributed by atoms with Crippen molar-refractivity contribution in [1.29, 1.82) is 0 Å². The number of phosphoric ester groups is 1. The van der Waals surface area contributed by atoms with Gasteiger partial charge in [-0.2, -0.15) is 0 Å². The molecule has 0 fully saturated rings. The fourth-order valence-electron chi connectivity index (χ4n) is 3.60. The Morgan fingerprint density at radius 3 is 2.11 bits per heavy atom. The number of carbonyl (C=O) groups is 2. The lowest BCUT2D eigenvalue weighted by molar-refractivity contribution is -0.154. The molecule has 0 amide bonds. The highest BCUT2D eigenvalue weighted by Gasteiger charge is 2.43. The number of phosphoric acid groups is 1. The second-order valence-electron chi connectivity index (χ2n) is 8.71. The maximum atomic E-state index is 11.8. The van der Waals surface area contributed by atoms with Crippen molar-refractivity contribution >= 4 is 19.8 Å². The molecule has 1 aliphatic rings. The molecule has 0 bridgehead atoms. The van der Waals surface area contributed by atoms with Crippen molar-refractivity contribution in [2.45, 2.75) is 109 Å². The average molecular weight is 521 g/mol. The molecular weight excluding hydrogens is 479 g/mol. The Kier molecular flexibility index (Phi) is 15.6. The normalized spacial score (nSPS) is 17.1. The third kappa shape index (κ3) is 14.3. The van der Waals surface area contributed by atoms with Gasteiger partial charge in [-0.05, 0) is 32.1 Å². The number of carbonyl (C=O) groups excluding carboxylic acids is 2. The Labute approximate surface area is 207 Å². The standard InChI is InChI=1S/C24H41O10P/c1-2-3-4-5-6-7-8-9-10-11-12-13-14-15-16-17-20(26)32-18-19(25)22-21(27)23(24(28)33-22)34-35(29,30)31/h9-10,19,22,25,27H,2-8,11-18H2,1H3,(H2,29,30,31)/b10-9-/t19-,22+/m0/s1. The van der Waals surface area contributed by atoms with Gasteiger partial charge >= 0.3 is 19.8 Å². The first-order valence-electron chi connectivity index (χ1n) is 12.5. The first-order valence-corrected chi connectivity index (χ1v) is 14.1. The van der Waals surface area contributed by atoms with Gasteiger partial charge in [0, 0.05) is 6.42 Å². The number of hydrogen-bond acceptors (Lipinski definition) is 8. The molecule has 0 aliphatic carbocycles. The van der Waals surface area contributed by atoms with Gasteiger partial charge in [-0.15, -0.1) is 0 Å². The van der Waals surface area contributed by atoms with Crippen LogP contribution in [0.25, 0.3) is 0 Å². The Hall–Kier alpha value is -1.87. The molecule has 1 rings (SSSR count). The summed E-state index contributed by atoms with van der Waals surface area (Å²) in [6.07, 6.45) is 16.3. The van der Waals surface area contributed by atoms with Crippen molar-refractivity contribution in [2.24, 2.45) is 0 Å². The number of cyclic esters (lactones) is 1. The van der Waals surface area contributed by atoms with Gasteiger partial charge in [0.25, 0.3) is 5.76 Å². The number of allylic oxidation sites excluding steroid dienone is 2. The van der Waals surface area contributed by atoms with Crippen LogP contribution in [-0.2, 0) is 28.2 Å². The smallest absolute Gasteiger partial charge is 0.505 e. The first kappa shape index (κ1) is 31.2. The molecule has 0 aromatic rings. The van der Waals surface area contributed by atoms with Crippen LogP contribution in [0.4, 0.5) is 0 Å². The summed E-state index contributed by atoms with van der Waals surface area (Å²) in [4.78, 5) is 40.9. The van der Waals surface area contributed by atoms with E-state index in [9.17, 15) is 24.4 Å². The summed E-state index contributed by atoms with van der Waals surface area (Å²) in [5.74, 6) is -3.93. The minimum Gasteiger partial charge on any atom is -0.505 e. The highest BCUT2D eigenvalue weighted by Crippen LogP contribution is 2.42. The molecule has 0 saturated heterocycles. The van der Waals surface area contributed by atoms with Gasteiger partial charge < -0.3 is 24.2 Å². The highest BCUT2D eigenvalue weighted by molar-refractivity contribution is 7.46. The second-order valence-corrected chi connectivity index (χ2v) is 9.87. The highest BCUT2D eigenvalue weighted by atomic mass is 31.2. The first-order chi connectivity index (χ1) is 16.7. The molecule has 11 heteroatoms. The largest absolute Gasteiger partial charge is 0.525 e. The molecule has 4 N–H and O–H groups in total. The molecule has 0 saturated carbocycles. The monoisotopic (exact) mass is 520 g/mol. The SMILES string of the molecule is CCCCCCCC/C=C\CCCCCCCC(=O)OC[C@H](O)[C@H]1OC(=O)C(OP(=O)(O)O)=C1O. The molecule has 0 spiro atoms. The third-order valence-corrected chi connectivity index (χ3v) is 5.96. The fraction of sp³-hybridized carbons (Fsp3) is 0.750. The lowest BCUT2D eigenvalue weighted by Gasteiger charge is -2.17. The molecule has 202 valence electrons. The van der Waals surface area contributed by atoms with Crippen molar-refractivity contribution in [2.75, 3.05) is 6.61 Å². The molecule has 0 unspecified atom stereocenters. The number of unbranched alkanes of at least 4 members (excludes halogenated alkanes) is 11. The van der Waals surface area contributed by atoms with Gasteiger partial charge in [0.15, 0.2) is 11.9 Å². The molecule has 1 aliphatic heterocycles. The third-order valence-electron chi connectivity index (χ3n) is 5.54. The number of aliphatic hydroxyl groups is 2. The summed E-state index contributed by atoms with van der Waals surface area (Å²) in [7, 11) is -5.10. The van der Waals surface area contributed by atoms with Crippen LogP contribution in [0.1, 0.15) is 96.8 Å². The van der Waals surface area contributed by atoms with Crippen LogP contribution in [0.5, 0.6) is 0 Å². The van der Waals surface area contributed by atoms with Crippen molar-refractivity contribution in [3.8, 4) is 0 Å². The fourth-order valence-corrected chi connectivity index (χ4v) is 4.01. The molecule has 0 aromatic carbocycles. The lowest BCUT2D eigenvalue weighted by atomic mass is 10.1. The zero-order valence-electron chi connectivity index (χ0n) is 20.6. The molecular formula is C24H41O10P. The lowest BCUT2D eigenvalue weighted by Crippen LogP contribution is -2.33. The molecule has 35 heavy (non-hydrogen) atoms. The number of hydrogen-bond donors (Lipinski definition) is 4. The predicted octanol–water partition coefficient (Wildman–Crippen LogP) is 4.73. The summed E-state index contributed by atoms with van der Waals surface area (Å²) < 4.78 is 24.5. The van der Waals surface area contributed by atoms with Gasteiger partial charge in [-0.3, -0.25) is 14.6 Å². The van der Waals surface area contributed by atoms with Gasteiger partial charge in [0.05, 0.1) is 0 Å². The van der Waals surface area contributed by atoms with Gasteiger partial charge in [0.1, 0.15) is 12.7 Å². The Morgan fingerprint density at radius 1 is 1.00 bits per heavy atom. The van der Waals surface area contributed by atoms with E-state index in [-0.39, 0.29) is 6.42 Å². The second kappa shape index (κ2) is 17.5. The maximum Gasteiger partial charge on any atom is 0.525 e. The van der Waals surface area contributed by atoms with Gasteiger partial charge in [0.2, 0.25) is 0 Å². The summed E-state index contributed by atoms with van der Waals surface area (Å²) in [5, 5.41) is 19.8. The van der Waals surface area contributed by atoms with E-state index in [1.54, 1.807) is 0 Å². The molecule has 0 aromatic heterocycles. The van der Waals surface area contributed by atoms with Crippen LogP contribution in [0.3, 0.4) is 0 Å². The van der Waals surface area contributed by atoms with E-state index < -0.39 is 50.1 Å². The molecule has 0 radical (unpaired) electrons. The van der Waals surface area contributed by atoms with E-state index in [4.69, 9.17) is 14.5 Å². The minimum atomic E-state index is -5.10. The van der Waals surface area contributed by atoms with E-state index >= 15 is 0 Å². The molecule has 10 nitrogen and oxygen atoms in total. The van der Waals surface area contributed by atoms with E-state index in [1.807, 2.05) is 0 Å². The number of aliphatic hydroxyl groups excluding tert-OH is 2. The Morgan fingerprint density at radius 2 is 1.54 bits per heavy atom. The van der Waals surface area contributed by atoms with Crippen LogP contribution >= 0.6 is 7.82 Å². The van der Waals surface area contributed by atoms with Crippen LogP contribution < -0.4 is 0 Å². The number of ether oxygens (including phenoxy) is 2.